The van der Waals surface area contributed by atoms with Crippen molar-refractivity contribution in [2.45, 2.75) is 32.4 Å². The lowest BCUT2D eigenvalue weighted by atomic mass is 10.1. The van der Waals surface area contributed by atoms with Crippen molar-refractivity contribution in [1.82, 2.24) is 14.8 Å². The van der Waals surface area contributed by atoms with Crippen molar-refractivity contribution in [3.05, 3.63) is 69.2 Å². The molecule has 0 bridgehead atoms. The van der Waals surface area contributed by atoms with E-state index >= 15 is 0 Å². The lowest BCUT2D eigenvalue weighted by Crippen LogP contribution is -2.38. The lowest BCUT2D eigenvalue weighted by Gasteiger charge is -2.37. The Morgan fingerprint density at radius 3 is 2.83 bits per heavy atom. The molecule has 8 heteroatoms. The van der Waals surface area contributed by atoms with E-state index in [1.165, 1.54) is 6.07 Å². The maximum Gasteiger partial charge on any atom is 0.257 e. The fourth-order valence-electron chi connectivity index (χ4n) is 4.25. The minimum Gasteiger partial charge on any atom is -0.503 e. The third-order valence-corrected chi connectivity index (χ3v) is 5.72. The fraction of sp³-hybridized carbons (Fsp3) is 0.333. The fourth-order valence-corrected chi connectivity index (χ4v) is 4.25. The number of rotatable bonds is 4. The largest absolute Gasteiger partial charge is 0.503 e. The van der Waals surface area contributed by atoms with E-state index in [4.69, 9.17) is 0 Å². The summed E-state index contributed by atoms with van der Waals surface area (Å²) in [6.45, 7) is 7.18. The first-order valence-electron chi connectivity index (χ1n) is 9.50. The third kappa shape index (κ3) is 2.99. The van der Waals surface area contributed by atoms with Crippen LogP contribution in [0.15, 0.2) is 29.6 Å². The Morgan fingerprint density at radius 2 is 2.14 bits per heavy atom. The van der Waals surface area contributed by atoms with Crippen LogP contribution in [0.4, 0.5) is 8.78 Å². The molecule has 1 aromatic carbocycles. The van der Waals surface area contributed by atoms with E-state index in [2.05, 4.69) is 11.9 Å². The number of pyridine rings is 1. The number of carbonyl (C=O) groups excluding carboxylic acids is 1. The zero-order valence-corrected chi connectivity index (χ0v) is 16.0. The molecule has 2 N–H and O–H groups in total. The number of carbonyl (C=O) groups is 1. The Balaban J connectivity index is 1.71. The summed E-state index contributed by atoms with van der Waals surface area (Å²) < 4.78 is 28.7. The van der Waals surface area contributed by atoms with Crippen LogP contribution in [0.3, 0.4) is 0 Å². The van der Waals surface area contributed by atoms with Gasteiger partial charge in [0.25, 0.3) is 5.91 Å². The summed E-state index contributed by atoms with van der Waals surface area (Å²) >= 11 is 0. The van der Waals surface area contributed by atoms with Crippen molar-refractivity contribution < 1.29 is 18.7 Å². The van der Waals surface area contributed by atoms with Crippen LogP contribution in [0.5, 0.6) is 5.75 Å². The van der Waals surface area contributed by atoms with E-state index in [9.17, 15) is 23.5 Å². The second-order valence-corrected chi connectivity index (χ2v) is 7.31. The SMILES string of the molecule is C=C1c2c(O)c(=O)c(C(=O)NCc3ccc(F)cc3F)c3n2[C@H](CC3)CN1CC. The Labute approximate surface area is 166 Å². The summed E-state index contributed by atoms with van der Waals surface area (Å²) in [4.78, 5) is 27.6. The molecule has 3 heterocycles. The van der Waals surface area contributed by atoms with Gasteiger partial charge in [0.05, 0.1) is 11.7 Å². The highest BCUT2D eigenvalue weighted by Crippen LogP contribution is 2.40. The van der Waals surface area contributed by atoms with E-state index in [0.29, 0.717) is 36.6 Å². The molecule has 0 saturated carbocycles. The molecule has 1 atom stereocenters. The molecule has 0 saturated heterocycles. The van der Waals surface area contributed by atoms with E-state index in [-0.39, 0.29) is 23.7 Å². The van der Waals surface area contributed by atoms with Crippen LogP contribution in [0, 0.1) is 11.6 Å². The van der Waals surface area contributed by atoms with Gasteiger partial charge in [-0.15, -0.1) is 0 Å². The standard InChI is InChI=1S/C21H21F2N3O3/c1-3-25-10-14-6-7-16-17(19(27)20(28)18(11(25)2)26(14)16)21(29)24-9-12-4-5-13(22)8-15(12)23/h4-5,8,14,28H,2-3,6-7,9-10H2,1H3,(H,24,29)/t14-/m1/s1. The van der Waals surface area contributed by atoms with E-state index in [0.717, 1.165) is 18.6 Å². The van der Waals surface area contributed by atoms with Gasteiger partial charge in [0.15, 0.2) is 5.75 Å². The van der Waals surface area contributed by atoms with Gasteiger partial charge in [0.2, 0.25) is 5.43 Å². The Kier molecular flexibility index (Phi) is 4.64. The van der Waals surface area contributed by atoms with E-state index < -0.39 is 28.7 Å². The Morgan fingerprint density at radius 1 is 1.38 bits per heavy atom. The Bertz CT molecular complexity index is 1090. The second kappa shape index (κ2) is 7.02. The van der Waals surface area contributed by atoms with Crippen molar-refractivity contribution in [1.29, 1.82) is 0 Å². The molecular formula is C21H21F2N3O3. The zero-order chi connectivity index (χ0) is 20.9. The molecule has 0 spiro atoms. The number of aromatic hydroxyl groups is 1. The summed E-state index contributed by atoms with van der Waals surface area (Å²) in [5.74, 6) is -2.68. The number of hydrogen-bond donors (Lipinski definition) is 2. The summed E-state index contributed by atoms with van der Waals surface area (Å²) in [6.07, 6.45) is 1.26. The molecule has 0 unspecified atom stereocenters. The molecule has 0 radical (unpaired) electrons. The molecule has 6 nitrogen and oxygen atoms in total. The van der Waals surface area contributed by atoms with Crippen LogP contribution in [0.2, 0.25) is 0 Å². The number of benzene rings is 1. The monoisotopic (exact) mass is 401 g/mol. The molecule has 1 amide bonds. The number of amides is 1. The molecule has 152 valence electrons. The number of nitrogens with one attached hydrogen (secondary N) is 1. The molecule has 0 fully saturated rings. The Hall–Kier alpha value is -3.16. The van der Waals surface area contributed by atoms with E-state index in [1.807, 2.05) is 16.4 Å². The summed E-state index contributed by atoms with van der Waals surface area (Å²) in [7, 11) is 0. The van der Waals surface area contributed by atoms with Crippen LogP contribution in [-0.2, 0) is 13.0 Å². The number of aromatic nitrogens is 1. The minimum absolute atomic E-state index is 0.0399. The molecule has 2 aliphatic heterocycles. The molecule has 0 aliphatic carbocycles. The number of hydrogen-bond acceptors (Lipinski definition) is 4. The van der Waals surface area contributed by atoms with Crippen molar-refractivity contribution >= 4 is 11.6 Å². The van der Waals surface area contributed by atoms with Gasteiger partial charge in [-0.2, -0.15) is 0 Å². The van der Waals surface area contributed by atoms with Crippen LogP contribution >= 0.6 is 0 Å². The smallest absolute Gasteiger partial charge is 0.257 e. The molecule has 29 heavy (non-hydrogen) atoms. The van der Waals surface area contributed by atoms with Crippen LogP contribution in [-0.4, -0.2) is 33.6 Å². The van der Waals surface area contributed by atoms with Crippen molar-refractivity contribution in [2.24, 2.45) is 0 Å². The maximum atomic E-state index is 13.8. The topological polar surface area (TPSA) is 74.6 Å². The lowest BCUT2D eigenvalue weighted by molar-refractivity contribution is 0.0947. The normalized spacial score (nSPS) is 17.4. The minimum atomic E-state index is -0.782. The first-order chi connectivity index (χ1) is 13.8. The number of likely N-dealkylation sites (N-methyl/N-ethyl adjacent to an activating group) is 1. The highest BCUT2D eigenvalue weighted by atomic mass is 19.1. The van der Waals surface area contributed by atoms with Crippen LogP contribution in [0.25, 0.3) is 5.70 Å². The first kappa shape index (κ1) is 19.2. The number of halogens is 2. The van der Waals surface area contributed by atoms with Crippen molar-refractivity contribution in [3.63, 3.8) is 0 Å². The van der Waals surface area contributed by atoms with Crippen LogP contribution < -0.4 is 10.7 Å². The van der Waals surface area contributed by atoms with Crippen molar-refractivity contribution in [3.8, 4) is 5.75 Å². The third-order valence-electron chi connectivity index (χ3n) is 5.72. The summed E-state index contributed by atoms with van der Waals surface area (Å²) in [5.41, 5.74) is 0.686. The molecule has 2 aromatic rings. The molecule has 2 aliphatic rings. The predicted octanol–water partition coefficient (Wildman–Crippen LogP) is 2.56. The molecular weight excluding hydrogens is 380 g/mol. The van der Waals surface area contributed by atoms with Gasteiger partial charge in [-0.1, -0.05) is 12.6 Å². The average Bonchev–Trinajstić information content (AvgIpc) is 3.09. The van der Waals surface area contributed by atoms with Gasteiger partial charge >= 0.3 is 0 Å². The summed E-state index contributed by atoms with van der Waals surface area (Å²) in [5, 5.41) is 13.1. The molecule has 1 aromatic heterocycles. The number of nitrogens with zero attached hydrogens (tertiary/aromatic N) is 2. The quantitative estimate of drug-likeness (QED) is 0.826. The van der Waals surface area contributed by atoms with Gasteiger partial charge in [0, 0.05) is 37.0 Å². The summed E-state index contributed by atoms with van der Waals surface area (Å²) in [6, 6.07) is 3.11. The highest BCUT2D eigenvalue weighted by molar-refractivity contribution is 5.96. The maximum absolute atomic E-state index is 13.8. The predicted molar refractivity (Wildman–Crippen MR) is 104 cm³/mol. The van der Waals surface area contributed by atoms with Gasteiger partial charge < -0.3 is 19.9 Å². The first-order valence-corrected chi connectivity index (χ1v) is 9.50. The zero-order valence-electron chi connectivity index (χ0n) is 16.0. The van der Waals surface area contributed by atoms with Crippen LogP contribution in [0.1, 0.15) is 46.7 Å². The average molecular weight is 401 g/mol. The van der Waals surface area contributed by atoms with E-state index in [1.54, 1.807) is 0 Å². The van der Waals surface area contributed by atoms with Gasteiger partial charge in [-0.3, -0.25) is 9.59 Å². The molecule has 4 rings (SSSR count). The second-order valence-electron chi connectivity index (χ2n) is 7.31. The van der Waals surface area contributed by atoms with Gasteiger partial charge in [0.1, 0.15) is 22.9 Å². The van der Waals surface area contributed by atoms with Gasteiger partial charge in [-0.25, -0.2) is 8.78 Å². The highest BCUT2D eigenvalue weighted by Gasteiger charge is 2.38. The van der Waals surface area contributed by atoms with Gasteiger partial charge in [-0.05, 0) is 25.8 Å². The van der Waals surface area contributed by atoms with Crippen molar-refractivity contribution in [2.75, 3.05) is 13.1 Å².